The number of hydrogen-bond acceptors (Lipinski definition) is 3. The molecule has 3 unspecified atom stereocenters. The molecule has 1 fully saturated rings. The van der Waals surface area contributed by atoms with E-state index in [1.807, 2.05) is 24.3 Å². The molecule has 2 N–H and O–H groups in total. The van der Waals surface area contributed by atoms with Crippen LogP contribution in [0.4, 0.5) is 5.69 Å². The van der Waals surface area contributed by atoms with Gasteiger partial charge in [0.15, 0.2) is 6.29 Å². The maximum absolute atomic E-state index is 5.76. The molecule has 1 saturated heterocycles. The molecule has 1 aromatic rings. The van der Waals surface area contributed by atoms with E-state index >= 15 is 0 Å². The lowest BCUT2D eigenvalue weighted by Gasteiger charge is -2.32. The molecule has 4 heteroatoms. The zero-order valence-electron chi connectivity index (χ0n) is 17.0. The van der Waals surface area contributed by atoms with Gasteiger partial charge >= 0.3 is 0 Å². The van der Waals surface area contributed by atoms with Crippen LogP contribution in [-0.2, 0) is 4.74 Å². The van der Waals surface area contributed by atoms with Gasteiger partial charge in [-0.15, -0.1) is 9.24 Å². The Kier molecular flexibility index (Phi) is 8.71. The highest BCUT2D eigenvalue weighted by Crippen LogP contribution is 2.35. The fraction of sp³-hybridized carbons (Fsp3) is 0.714. The summed E-state index contributed by atoms with van der Waals surface area (Å²) in [5.74, 6) is 0.722. The molecule has 25 heavy (non-hydrogen) atoms. The van der Waals surface area contributed by atoms with E-state index in [1.165, 1.54) is 6.42 Å². The van der Waals surface area contributed by atoms with Crippen molar-refractivity contribution in [1.29, 1.82) is 0 Å². The Morgan fingerprint density at radius 2 is 1.80 bits per heavy atom. The molecule has 1 aromatic carbocycles. The number of anilines is 1. The van der Waals surface area contributed by atoms with Crippen LogP contribution in [0.25, 0.3) is 0 Å². The molecular formula is C21H38NO2P. The van der Waals surface area contributed by atoms with Crippen LogP contribution >= 0.6 is 9.24 Å². The van der Waals surface area contributed by atoms with Crippen molar-refractivity contribution in [1.82, 2.24) is 0 Å². The second-order valence-electron chi connectivity index (χ2n) is 9.19. The molecule has 2 rings (SSSR count). The van der Waals surface area contributed by atoms with Crippen molar-refractivity contribution in [2.45, 2.75) is 79.2 Å². The minimum atomic E-state index is -0.117. The average molecular weight is 368 g/mol. The molecule has 1 aliphatic heterocycles. The van der Waals surface area contributed by atoms with E-state index in [-0.39, 0.29) is 6.29 Å². The quantitative estimate of drug-likeness (QED) is 0.535. The highest BCUT2D eigenvalue weighted by molar-refractivity contribution is 7.17. The maximum atomic E-state index is 5.76. The summed E-state index contributed by atoms with van der Waals surface area (Å²) in [4.78, 5) is 0. The molecule has 1 aliphatic rings. The Bertz CT molecular complexity index is 499. The van der Waals surface area contributed by atoms with Crippen molar-refractivity contribution >= 4 is 14.9 Å². The standard InChI is InChI=1S/C11H15NO2.C10H23P/c12-9-5-1-2-6-10(9)14-11-7-3-4-8-13-11;1-9(2,3)7-8(11)10(4,5)6/h1-2,5-6,11H,3-4,7-8,12H2;8H,7,11H2,1-6H3. The third-order valence-electron chi connectivity index (χ3n) is 4.26. The van der Waals surface area contributed by atoms with Crippen LogP contribution in [0.15, 0.2) is 24.3 Å². The smallest absolute Gasteiger partial charge is 0.199 e. The Hall–Kier alpha value is -0.790. The van der Waals surface area contributed by atoms with Crippen LogP contribution in [-0.4, -0.2) is 18.6 Å². The molecule has 144 valence electrons. The van der Waals surface area contributed by atoms with Crippen LogP contribution in [0.1, 0.15) is 67.2 Å². The molecule has 1 heterocycles. The van der Waals surface area contributed by atoms with Crippen LogP contribution in [0.5, 0.6) is 5.75 Å². The van der Waals surface area contributed by atoms with Gasteiger partial charge in [-0.05, 0) is 47.9 Å². The second kappa shape index (κ2) is 9.78. The molecule has 3 nitrogen and oxygen atoms in total. The minimum Gasteiger partial charge on any atom is -0.463 e. The zero-order valence-corrected chi connectivity index (χ0v) is 18.1. The number of benzene rings is 1. The monoisotopic (exact) mass is 367 g/mol. The van der Waals surface area contributed by atoms with Crippen LogP contribution in [0.3, 0.4) is 0 Å². The molecule has 0 radical (unpaired) electrons. The van der Waals surface area contributed by atoms with Crippen LogP contribution in [0, 0.1) is 10.8 Å². The number of nitrogens with two attached hydrogens (primary N) is 1. The van der Waals surface area contributed by atoms with Crippen molar-refractivity contribution in [2.24, 2.45) is 10.8 Å². The first-order valence-corrected chi connectivity index (χ1v) is 10.0. The van der Waals surface area contributed by atoms with Gasteiger partial charge in [0.25, 0.3) is 0 Å². The van der Waals surface area contributed by atoms with Crippen molar-refractivity contribution in [3.63, 3.8) is 0 Å². The molecule has 0 aliphatic carbocycles. The number of nitrogen functional groups attached to an aromatic ring is 1. The van der Waals surface area contributed by atoms with Gasteiger partial charge < -0.3 is 15.2 Å². The summed E-state index contributed by atoms with van der Waals surface area (Å²) in [6, 6.07) is 7.50. The summed E-state index contributed by atoms with van der Waals surface area (Å²) in [5.41, 5.74) is 8.04. The number of hydrogen-bond donors (Lipinski definition) is 1. The first kappa shape index (κ1) is 22.3. The Balaban J connectivity index is 0.000000260. The van der Waals surface area contributed by atoms with E-state index < -0.39 is 0 Å². The highest BCUT2D eigenvalue weighted by Gasteiger charge is 2.25. The van der Waals surface area contributed by atoms with Crippen molar-refractivity contribution in [3.8, 4) is 5.75 Å². The van der Waals surface area contributed by atoms with Gasteiger partial charge in [-0.2, -0.15) is 0 Å². The lowest BCUT2D eigenvalue weighted by molar-refractivity contribution is -0.105. The summed E-state index contributed by atoms with van der Waals surface area (Å²) < 4.78 is 11.1. The van der Waals surface area contributed by atoms with Gasteiger partial charge in [0.05, 0.1) is 12.3 Å². The third kappa shape index (κ3) is 9.47. The Morgan fingerprint density at radius 1 is 1.16 bits per heavy atom. The Labute approximate surface area is 157 Å². The van der Waals surface area contributed by atoms with Gasteiger partial charge in [0.2, 0.25) is 0 Å². The van der Waals surface area contributed by atoms with Crippen molar-refractivity contribution in [3.05, 3.63) is 24.3 Å². The van der Waals surface area contributed by atoms with E-state index in [0.717, 1.165) is 37.3 Å². The lowest BCUT2D eigenvalue weighted by Crippen LogP contribution is -2.25. The number of para-hydroxylation sites is 2. The number of ether oxygens (including phenoxy) is 2. The van der Waals surface area contributed by atoms with Crippen molar-refractivity contribution < 1.29 is 9.47 Å². The van der Waals surface area contributed by atoms with E-state index in [0.29, 0.717) is 16.5 Å². The second-order valence-corrected chi connectivity index (χ2v) is 9.99. The molecule has 0 spiro atoms. The molecular weight excluding hydrogens is 329 g/mol. The summed E-state index contributed by atoms with van der Waals surface area (Å²) in [6.07, 6.45) is 4.41. The molecule has 0 bridgehead atoms. The van der Waals surface area contributed by atoms with E-state index in [9.17, 15) is 0 Å². The third-order valence-corrected chi connectivity index (χ3v) is 5.50. The molecule has 0 amide bonds. The van der Waals surface area contributed by atoms with Gasteiger partial charge in [0, 0.05) is 6.42 Å². The fourth-order valence-electron chi connectivity index (χ4n) is 2.50. The fourth-order valence-corrected chi connectivity index (χ4v) is 3.21. The molecule has 0 saturated carbocycles. The highest BCUT2D eigenvalue weighted by atomic mass is 31.0. The van der Waals surface area contributed by atoms with Crippen molar-refractivity contribution in [2.75, 3.05) is 12.3 Å². The Morgan fingerprint density at radius 3 is 2.24 bits per heavy atom. The molecule has 0 aromatic heterocycles. The molecule has 3 atom stereocenters. The normalized spacial score (nSPS) is 19.6. The SMILES string of the molecule is CC(C)(C)CC(P)C(C)(C)C.Nc1ccccc1OC1CCCCO1. The topological polar surface area (TPSA) is 44.5 Å². The van der Waals surface area contributed by atoms with Crippen LogP contribution < -0.4 is 10.5 Å². The largest absolute Gasteiger partial charge is 0.463 e. The minimum absolute atomic E-state index is 0.117. The number of rotatable bonds is 3. The predicted octanol–water partition coefficient (Wildman–Crippen LogP) is 5.89. The lowest BCUT2D eigenvalue weighted by atomic mass is 9.81. The summed E-state index contributed by atoms with van der Waals surface area (Å²) in [7, 11) is 2.97. The summed E-state index contributed by atoms with van der Waals surface area (Å²) >= 11 is 0. The first-order valence-electron chi connectivity index (χ1n) is 9.37. The van der Waals surface area contributed by atoms with E-state index in [4.69, 9.17) is 15.2 Å². The predicted molar refractivity (Wildman–Crippen MR) is 112 cm³/mol. The van der Waals surface area contributed by atoms with Gasteiger partial charge in [-0.3, -0.25) is 0 Å². The zero-order chi connectivity index (χ0) is 19.1. The summed E-state index contributed by atoms with van der Waals surface area (Å²) in [5, 5.41) is 0. The van der Waals surface area contributed by atoms with Gasteiger partial charge in [0.1, 0.15) is 5.75 Å². The van der Waals surface area contributed by atoms with Crippen LogP contribution in [0.2, 0.25) is 0 Å². The van der Waals surface area contributed by atoms with Gasteiger partial charge in [-0.1, -0.05) is 53.7 Å². The van der Waals surface area contributed by atoms with E-state index in [1.54, 1.807) is 0 Å². The summed E-state index contributed by atoms with van der Waals surface area (Å²) in [6.45, 7) is 14.6. The maximum Gasteiger partial charge on any atom is 0.199 e. The average Bonchev–Trinajstić information content (AvgIpc) is 2.49. The van der Waals surface area contributed by atoms with Gasteiger partial charge in [-0.25, -0.2) is 0 Å². The van der Waals surface area contributed by atoms with E-state index in [2.05, 4.69) is 50.8 Å². The first-order chi connectivity index (χ1) is 11.5.